The van der Waals surface area contributed by atoms with Crippen molar-refractivity contribution >= 4 is 12.1 Å². The fourth-order valence-corrected chi connectivity index (χ4v) is 1.70. The maximum absolute atomic E-state index is 11.1. The van der Waals surface area contributed by atoms with Crippen molar-refractivity contribution in [1.82, 2.24) is 19.4 Å². The van der Waals surface area contributed by atoms with E-state index in [0.717, 1.165) is 11.8 Å². The molecule has 0 saturated carbocycles. The number of nitrogens with zero attached hydrogens (tertiary/aromatic N) is 3. The number of fused-ring (bicyclic) bond motifs is 1. The second-order valence-electron chi connectivity index (χ2n) is 3.35. The van der Waals surface area contributed by atoms with Crippen LogP contribution in [0.5, 0.6) is 0 Å². The van der Waals surface area contributed by atoms with E-state index in [1.165, 1.54) is 0 Å². The third-order valence-corrected chi connectivity index (χ3v) is 2.42. The fourth-order valence-electron chi connectivity index (χ4n) is 1.70. The summed E-state index contributed by atoms with van der Waals surface area (Å²) in [7, 11) is 0. The Balaban J connectivity index is 2.37. The summed E-state index contributed by atoms with van der Waals surface area (Å²) in [6.07, 6.45) is 7.81. The molecule has 0 bridgehead atoms. The van der Waals surface area contributed by atoms with Crippen LogP contribution in [-0.2, 0) is 0 Å². The highest BCUT2D eigenvalue weighted by molar-refractivity contribution is 5.85. The van der Waals surface area contributed by atoms with Gasteiger partial charge in [0.25, 0.3) is 0 Å². The zero-order chi connectivity index (χ0) is 11.0. The summed E-state index contributed by atoms with van der Waals surface area (Å²) >= 11 is 0. The van der Waals surface area contributed by atoms with Crippen LogP contribution in [0.1, 0.15) is 10.5 Å². The third kappa shape index (κ3) is 1.15. The van der Waals surface area contributed by atoms with Gasteiger partial charge in [0.15, 0.2) is 6.29 Å². The number of imidazole rings is 1. The number of hydrogen-bond donors (Lipinski definition) is 1. The summed E-state index contributed by atoms with van der Waals surface area (Å²) in [5.41, 5.74) is 2.05. The molecule has 3 aromatic rings. The lowest BCUT2D eigenvalue weighted by molar-refractivity contribution is 0.111. The van der Waals surface area contributed by atoms with E-state index in [1.54, 1.807) is 35.3 Å². The van der Waals surface area contributed by atoms with Gasteiger partial charge in [-0.25, -0.2) is 9.97 Å². The van der Waals surface area contributed by atoms with Crippen LogP contribution in [0.2, 0.25) is 0 Å². The molecule has 0 radical (unpaired) electrons. The molecular weight excluding hydrogens is 204 g/mol. The van der Waals surface area contributed by atoms with E-state index < -0.39 is 0 Å². The number of nitrogens with one attached hydrogen (secondary N) is 1. The van der Waals surface area contributed by atoms with Crippen molar-refractivity contribution in [2.75, 3.05) is 0 Å². The lowest BCUT2D eigenvalue weighted by Crippen LogP contribution is -1.92. The summed E-state index contributed by atoms with van der Waals surface area (Å²) in [6, 6.07) is 3.64. The SMILES string of the molecule is O=Cc1c(-c2cc[nH]c2)nc2ncccn12. The fraction of sp³-hybridized carbons (Fsp3) is 0. The molecule has 0 aliphatic heterocycles. The average Bonchev–Trinajstić information content (AvgIpc) is 2.95. The zero-order valence-electron chi connectivity index (χ0n) is 8.29. The van der Waals surface area contributed by atoms with E-state index in [2.05, 4.69) is 15.0 Å². The molecule has 3 aromatic heterocycles. The number of carbonyl (C=O) groups is 1. The standard InChI is InChI=1S/C11H8N4O/c16-7-9-10(8-2-4-12-6-8)14-11-13-3-1-5-15(9)11/h1-7,12H. The molecule has 0 aliphatic carbocycles. The predicted octanol–water partition coefficient (Wildman–Crippen LogP) is 1.54. The van der Waals surface area contributed by atoms with Crippen molar-refractivity contribution < 1.29 is 4.79 Å². The average molecular weight is 212 g/mol. The van der Waals surface area contributed by atoms with Crippen LogP contribution in [-0.4, -0.2) is 25.6 Å². The van der Waals surface area contributed by atoms with Gasteiger partial charge in [-0.1, -0.05) is 0 Å². The summed E-state index contributed by atoms with van der Waals surface area (Å²) in [5, 5.41) is 0. The molecule has 0 atom stereocenters. The van der Waals surface area contributed by atoms with Gasteiger partial charge in [0, 0.05) is 30.4 Å². The number of carbonyl (C=O) groups excluding carboxylic acids is 1. The Morgan fingerprint density at radius 1 is 1.44 bits per heavy atom. The first-order chi connectivity index (χ1) is 7.90. The van der Waals surface area contributed by atoms with E-state index >= 15 is 0 Å². The minimum Gasteiger partial charge on any atom is -0.367 e. The summed E-state index contributed by atoms with van der Waals surface area (Å²) < 4.78 is 1.68. The zero-order valence-corrected chi connectivity index (χ0v) is 8.29. The van der Waals surface area contributed by atoms with Crippen LogP contribution >= 0.6 is 0 Å². The third-order valence-electron chi connectivity index (χ3n) is 2.42. The Labute approximate surface area is 90.8 Å². The minimum atomic E-state index is 0.516. The summed E-state index contributed by atoms with van der Waals surface area (Å²) in [4.78, 5) is 22.5. The largest absolute Gasteiger partial charge is 0.367 e. The van der Waals surface area contributed by atoms with Crippen LogP contribution < -0.4 is 0 Å². The number of H-pyrrole nitrogens is 1. The van der Waals surface area contributed by atoms with Gasteiger partial charge < -0.3 is 4.98 Å². The van der Waals surface area contributed by atoms with Crippen LogP contribution in [0, 0.1) is 0 Å². The second-order valence-corrected chi connectivity index (χ2v) is 3.35. The van der Waals surface area contributed by atoms with Gasteiger partial charge in [-0.3, -0.25) is 9.20 Å². The molecule has 0 saturated heterocycles. The maximum atomic E-state index is 11.1. The maximum Gasteiger partial charge on any atom is 0.234 e. The molecule has 3 heterocycles. The molecule has 16 heavy (non-hydrogen) atoms. The van der Waals surface area contributed by atoms with Gasteiger partial charge in [0.2, 0.25) is 5.78 Å². The smallest absolute Gasteiger partial charge is 0.234 e. The lowest BCUT2D eigenvalue weighted by atomic mass is 10.2. The normalized spacial score (nSPS) is 10.8. The quantitative estimate of drug-likeness (QED) is 0.655. The topological polar surface area (TPSA) is 63.0 Å². The van der Waals surface area contributed by atoms with Crippen LogP contribution in [0.4, 0.5) is 0 Å². The molecule has 0 amide bonds. The monoisotopic (exact) mass is 212 g/mol. The van der Waals surface area contributed by atoms with Crippen LogP contribution in [0.25, 0.3) is 17.0 Å². The Kier molecular flexibility index (Phi) is 1.83. The second kappa shape index (κ2) is 3.30. The molecule has 0 aromatic carbocycles. The molecule has 0 aliphatic rings. The molecule has 5 nitrogen and oxygen atoms in total. The van der Waals surface area contributed by atoms with E-state index in [-0.39, 0.29) is 0 Å². The van der Waals surface area contributed by atoms with Crippen LogP contribution in [0.3, 0.4) is 0 Å². The molecule has 0 fully saturated rings. The van der Waals surface area contributed by atoms with Gasteiger partial charge >= 0.3 is 0 Å². The van der Waals surface area contributed by atoms with Gasteiger partial charge in [-0.15, -0.1) is 0 Å². The Morgan fingerprint density at radius 2 is 2.38 bits per heavy atom. The lowest BCUT2D eigenvalue weighted by Gasteiger charge is -1.93. The number of aromatic amines is 1. The van der Waals surface area contributed by atoms with Gasteiger partial charge in [0.05, 0.1) is 0 Å². The van der Waals surface area contributed by atoms with E-state index in [4.69, 9.17) is 0 Å². The number of aldehydes is 1. The first kappa shape index (κ1) is 8.84. The van der Waals surface area contributed by atoms with E-state index in [0.29, 0.717) is 17.2 Å². The van der Waals surface area contributed by atoms with Crippen LogP contribution in [0.15, 0.2) is 36.9 Å². The highest BCUT2D eigenvalue weighted by Gasteiger charge is 2.13. The number of hydrogen-bond acceptors (Lipinski definition) is 3. The van der Waals surface area contributed by atoms with Crippen molar-refractivity contribution in [2.24, 2.45) is 0 Å². The van der Waals surface area contributed by atoms with Gasteiger partial charge in [0.1, 0.15) is 11.4 Å². The van der Waals surface area contributed by atoms with Gasteiger partial charge in [-0.05, 0) is 12.1 Å². The highest BCUT2D eigenvalue weighted by Crippen LogP contribution is 2.21. The van der Waals surface area contributed by atoms with Gasteiger partial charge in [-0.2, -0.15) is 0 Å². The summed E-state index contributed by atoms with van der Waals surface area (Å²) in [5.74, 6) is 0.529. The molecule has 5 heteroatoms. The number of rotatable bonds is 2. The van der Waals surface area contributed by atoms with Crippen molar-refractivity contribution in [1.29, 1.82) is 0 Å². The molecule has 1 N–H and O–H groups in total. The molecule has 78 valence electrons. The predicted molar refractivity (Wildman–Crippen MR) is 58.2 cm³/mol. The van der Waals surface area contributed by atoms with Crippen molar-refractivity contribution in [3.8, 4) is 11.3 Å². The van der Waals surface area contributed by atoms with Crippen molar-refractivity contribution in [3.63, 3.8) is 0 Å². The Hall–Kier alpha value is -2.43. The molecule has 0 unspecified atom stereocenters. The van der Waals surface area contributed by atoms with Crippen molar-refractivity contribution in [3.05, 3.63) is 42.6 Å². The molecular formula is C11H8N4O. The first-order valence-corrected chi connectivity index (χ1v) is 4.81. The van der Waals surface area contributed by atoms with E-state index in [9.17, 15) is 4.79 Å². The van der Waals surface area contributed by atoms with E-state index in [1.807, 2.05) is 6.07 Å². The Morgan fingerprint density at radius 3 is 3.12 bits per heavy atom. The molecule has 0 spiro atoms. The first-order valence-electron chi connectivity index (χ1n) is 4.81. The minimum absolute atomic E-state index is 0.516. The summed E-state index contributed by atoms with van der Waals surface area (Å²) in [6.45, 7) is 0. The number of aromatic nitrogens is 4. The highest BCUT2D eigenvalue weighted by atomic mass is 16.1. The van der Waals surface area contributed by atoms with Crippen molar-refractivity contribution in [2.45, 2.75) is 0 Å². The molecule has 3 rings (SSSR count). The Bertz CT molecular complexity index is 639.